The summed E-state index contributed by atoms with van der Waals surface area (Å²) >= 11 is 0. The normalized spacial score (nSPS) is 17.2. The van der Waals surface area contributed by atoms with Gasteiger partial charge in [0, 0.05) is 12.0 Å². The molecule has 0 radical (unpaired) electrons. The van der Waals surface area contributed by atoms with E-state index in [2.05, 4.69) is 17.4 Å². The molecule has 4 heteroatoms. The van der Waals surface area contributed by atoms with Gasteiger partial charge in [0.2, 0.25) is 5.91 Å². The quantitative estimate of drug-likeness (QED) is 0.920. The van der Waals surface area contributed by atoms with Crippen molar-refractivity contribution in [2.24, 2.45) is 0 Å². The summed E-state index contributed by atoms with van der Waals surface area (Å²) in [6, 6.07) is 16.0. The van der Waals surface area contributed by atoms with Crippen LogP contribution in [0.15, 0.2) is 48.5 Å². The highest BCUT2D eigenvalue weighted by Crippen LogP contribution is 2.49. The minimum absolute atomic E-state index is 0.0577. The summed E-state index contributed by atoms with van der Waals surface area (Å²) in [4.78, 5) is 12.2. The third kappa shape index (κ3) is 3.09. The van der Waals surface area contributed by atoms with Gasteiger partial charge >= 0.3 is 0 Å². The maximum absolute atomic E-state index is 12.2. The van der Waals surface area contributed by atoms with Crippen molar-refractivity contribution in [3.05, 3.63) is 59.7 Å². The molecule has 1 aliphatic carbocycles. The number of amides is 1. The zero-order valence-corrected chi connectivity index (χ0v) is 13.6. The fourth-order valence-corrected chi connectivity index (χ4v) is 3.20. The first-order valence-electron chi connectivity index (χ1n) is 8.46. The van der Waals surface area contributed by atoms with E-state index in [0.29, 0.717) is 26.2 Å². The smallest absolute Gasteiger partial charge is 0.224 e. The van der Waals surface area contributed by atoms with Crippen LogP contribution in [0.4, 0.5) is 0 Å². The van der Waals surface area contributed by atoms with E-state index in [4.69, 9.17) is 9.47 Å². The third-order valence-electron chi connectivity index (χ3n) is 4.84. The molecule has 1 fully saturated rings. The van der Waals surface area contributed by atoms with Crippen LogP contribution in [0.2, 0.25) is 0 Å². The van der Waals surface area contributed by atoms with E-state index >= 15 is 0 Å². The highest BCUT2D eigenvalue weighted by Gasteiger charge is 2.44. The van der Waals surface area contributed by atoms with Crippen molar-refractivity contribution < 1.29 is 14.3 Å². The molecular formula is C20H21NO3. The van der Waals surface area contributed by atoms with Crippen LogP contribution in [0.25, 0.3) is 0 Å². The molecule has 1 amide bonds. The van der Waals surface area contributed by atoms with Crippen LogP contribution in [0.1, 0.15) is 24.0 Å². The summed E-state index contributed by atoms with van der Waals surface area (Å²) in [5.74, 6) is 1.71. The summed E-state index contributed by atoms with van der Waals surface area (Å²) in [5.41, 5.74) is 2.33. The maximum atomic E-state index is 12.2. The average Bonchev–Trinajstić information content (AvgIpc) is 3.42. The number of rotatable bonds is 5. The highest BCUT2D eigenvalue weighted by atomic mass is 16.6. The van der Waals surface area contributed by atoms with Crippen LogP contribution in [0.3, 0.4) is 0 Å². The second-order valence-electron chi connectivity index (χ2n) is 6.58. The van der Waals surface area contributed by atoms with Crippen LogP contribution in [0.5, 0.6) is 11.5 Å². The molecule has 1 aliphatic heterocycles. The molecule has 0 spiro atoms. The van der Waals surface area contributed by atoms with Gasteiger partial charge in [-0.05, 0) is 36.1 Å². The van der Waals surface area contributed by atoms with Gasteiger partial charge in [-0.3, -0.25) is 4.79 Å². The molecule has 24 heavy (non-hydrogen) atoms. The molecule has 124 valence electrons. The lowest BCUT2D eigenvalue weighted by Gasteiger charge is -2.22. The van der Waals surface area contributed by atoms with Crippen LogP contribution in [-0.2, 0) is 16.6 Å². The lowest BCUT2D eigenvalue weighted by molar-refractivity contribution is -0.120. The Kier molecular flexibility index (Phi) is 3.89. The highest BCUT2D eigenvalue weighted by molar-refractivity contribution is 5.78. The van der Waals surface area contributed by atoms with Crippen LogP contribution >= 0.6 is 0 Å². The average molecular weight is 323 g/mol. The van der Waals surface area contributed by atoms with Crippen molar-refractivity contribution in [3.8, 4) is 11.5 Å². The standard InChI is InChI=1S/C20H21NO3/c22-19(12-15-4-2-1-3-5-15)21-14-20(8-9-20)16-6-7-17-18(13-16)24-11-10-23-17/h1-7,13H,8-12,14H2,(H,21,22). The van der Waals surface area contributed by atoms with Crippen molar-refractivity contribution in [3.63, 3.8) is 0 Å². The van der Waals surface area contributed by atoms with Gasteiger partial charge in [0.05, 0.1) is 6.42 Å². The minimum Gasteiger partial charge on any atom is -0.486 e. The molecular weight excluding hydrogens is 302 g/mol. The molecule has 0 bridgehead atoms. The third-order valence-corrected chi connectivity index (χ3v) is 4.84. The predicted octanol–water partition coefficient (Wildman–Crippen LogP) is 2.85. The van der Waals surface area contributed by atoms with Crippen molar-refractivity contribution in [1.29, 1.82) is 0 Å². The number of nitrogens with one attached hydrogen (secondary N) is 1. The largest absolute Gasteiger partial charge is 0.486 e. The Hall–Kier alpha value is -2.49. The topological polar surface area (TPSA) is 47.6 Å². The second-order valence-corrected chi connectivity index (χ2v) is 6.58. The molecule has 1 saturated carbocycles. The zero-order chi connectivity index (χ0) is 16.4. The van der Waals surface area contributed by atoms with E-state index in [-0.39, 0.29) is 11.3 Å². The molecule has 2 aromatic rings. The molecule has 4 rings (SSSR count). The maximum Gasteiger partial charge on any atom is 0.224 e. The molecule has 1 N–H and O–H groups in total. The Labute approximate surface area is 141 Å². The number of carbonyl (C=O) groups excluding carboxylic acids is 1. The molecule has 4 nitrogen and oxygen atoms in total. The SMILES string of the molecule is O=C(Cc1ccccc1)NCC1(c2ccc3c(c2)OCCO3)CC1. The summed E-state index contributed by atoms with van der Waals surface area (Å²) in [7, 11) is 0. The van der Waals surface area contributed by atoms with E-state index in [0.717, 1.165) is 29.9 Å². The zero-order valence-electron chi connectivity index (χ0n) is 13.6. The first kappa shape index (κ1) is 15.1. The van der Waals surface area contributed by atoms with Gasteiger partial charge in [0.15, 0.2) is 11.5 Å². The molecule has 0 atom stereocenters. The molecule has 0 unspecified atom stereocenters. The lowest BCUT2D eigenvalue weighted by atomic mass is 9.95. The van der Waals surface area contributed by atoms with Crippen molar-refractivity contribution in [1.82, 2.24) is 5.32 Å². The molecule has 2 aromatic carbocycles. The van der Waals surface area contributed by atoms with Crippen LogP contribution in [0, 0.1) is 0 Å². The number of hydrogen-bond donors (Lipinski definition) is 1. The summed E-state index contributed by atoms with van der Waals surface area (Å²) < 4.78 is 11.3. The first-order chi connectivity index (χ1) is 11.8. The van der Waals surface area contributed by atoms with E-state index in [9.17, 15) is 4.79 Å². The Bertz CT molecular complexity index is 738. The van der Waals surface area contributed by atoms with Gasteiger partial charge in [0.1, 0.15) is 13.2 Å². The number of fused-ring (bicyclic) bond motifs is 1. The van der Waals surface area contributed by atoms with Crippen molar-refractivity contribution in [2.45, 2.75) is 24.7 Å². The van der Waals surface area contributed by atoms with Gasteiger partial charge in [-0.2, -0.15) is 0 Å². The minimum atomic E-state index is 0.0577. The number of carbonyl (C=O) groups is 1. The molecule has 0 aromatic heterocycles. The Balaban J connectivity index is 1.40. The summed E-state index contributed by atoms with van der Waals surface area (Å²) in [5, 5.41) is 3.10. The number of ether oxygens (including phenoxy) is 2. The van der Waals surface area contributed by atoms with Gasteiger partial charge in [-0.1, -0.05) is 36.4 Å². The van der Waals surface area contributed by atoms with Crippen molar-refractivity contribution >= 4 is 5.91 Å². The predicted molar refractivity (Wildman–Crippen MR) is 91.5 cm³/mol. The van der Waals surface area contributed by atoms with Gasteiger partial charge in [0.25, 0.3) is 0 Å². The Morgan fingerprint density at radius 2 is 1.75 bits per heavy atom. The fraction of sp³-hybridized carbons (Fsp3) is 0.350. The monoisotopic (exact) mass is 323 g/mol. The molecule has 2 aliphatic rings. The summed E-state index contributed by atoms with van der Waals surface area (Å²) in [6.45, 7) is 1.88. The summed E-state index contributed by atoms with van der Waals surface area (Å²) in [6.07, 6.45) is 2.62. The fourth-order valence-electron chi connectivity index (χ4n) is 3.20. The Morgan fingerprint density at radius 3 is 2.50 bits per heavy atom. The van der Waals surface area contributed by atoms with Crippen molar-refractivity contribution in [2.75, 3.05) is 19.8 Å². The van der Waals surface area contributed by atoms with Gasteiger partial charge in [-0.15, -0.1) is 0 Å². The molecule has 1 heterocycles. The lowest BCUT2D eigenvalue weighted by Crippen LogP contribution is -2.33. The number of benzene rings is 2. The first-order valence-corrected chi connectivity index (χ1v) is 8.46. The second kappa shape index (κ2) is 6.19. The number of hydrogen-bond acceptors (Lipinski definition) is 3. The van der Waals surface area contributed by atoms with E-state index < -0.39 is 0 Å². The van der Waals surface area contributed by atoms with E-state index in [1.807, 2.05) is 36.4 Å². The van der Waals surface area contributed by atoms with Gasteiger partial charge in [-0.25, -0.2) is 0 Å². The van der Waals surface area contributed by atoms with Gasteiger partial charge < -0.3 is 14.8 Å². The van der Waals surface area contributed by atoms with Crippen LogP contribution < -0.4 is 14.8 Å². The van der Waals surface area contributed by atoms with E-state index in [1.54, 1.807) is 0 Å². The molecule has 0 saturated heterocycles. The van der Waals surface area contributed by atoms with E-state index in [1.165, 1.54) is 5.56 Å². The Morgan fingerprint density at radius 1 is 1.00 bits per heavy atom. The van der Waals surface area contributed by atoms with Crippen LogP contribution in [-0.4, -0.2) is 25.7 Å².